The topological polar surface area (TPSA) is 109 Å². The number of fused-ring (bicyclic) bond motifs is 5. The van der Waals surface area contributed by atoms with Gasteiger partial charge in [0, 0.05) is 41.6 Å². The van der Waals surface area contributed by atoms with Gasteiger partial charge in [-0.2, -0.15) is 0 Å². The zero-order chi connectivity index (χ0) is 52.8. The molecule has 0 aromatic heterocycles. The largest absolute Gasteiger partial charge is 0.444 e. The number of carbonyl (C=O) groups is 3. The van der Waals surface area contributed by atoms with E-state index in [0.717, 1.165) is 105 Å². The lowest BCUT2D eigenvalue weighted by Gasteiger charge is -2.58. The molecule has 4 aliphatic rings. The van der Waals surface area contributed by atoms with Crippen LogP contribution in [0.25, 0.3) is 0 Å². The van der Waals surface area contributed by atoms with Crippen LogP contribution in [0.1, 0.15) is 239 Å². The Balaban J connectivity index is 1.30. The van der Waals surface area contributed by atoms with Gasteiger partial charge >= 0.3 is 12.2 Å². The van der Waals surface area contributed by atoms with Gasteiger partial charge in [0.15, 0.2) is 0 Å². The molecule has 3 N–H and O–H groups in total. The fraction of sp³-hybridized carbons (Fsp3) is 0.917. The van der Waals surface area contributed by atoms with E-state index < -0.39 is 22.8 Å². The van der Waals surface area contributed by atoms with Crippen molar-refractivity contribution in [3.05, 3.63) is 11.6 Å². The third kappa shape index (κ3) is 17.5. The summed E-state index contributed by atoms with van der Waals surface area (Å²) in [5, 5.41) is 10.6. The molecule has 9 atom stereocenters. The van der Waals surface area contributed by atoms with Gasteiger partial charge in [-0.25, -0.2) is 9.59 Å². The van der Waals surface area contributed by atoms with Gasteiger partial charge in [0.1, 0.15) is 11.2 Å². The summed E-state index contributed by atoms with van der Waals surface area (Å²) in [5.41, 5.74) is 0.745. The molecule has 0 aromatic carbocycles. The molecule has 4 aliphatic carbocycles. The third-order valence-electron chi connectivity index (χ3n) is 19.1. The van der Waals surface area contributed by atoms with Crippen LogP contribution in [0.15, 0.2) is 11.6 Å². The van der Waals surface area contributed by atoms with Crippen molar-refractivity contribution in [2.45, 2.75) is 267 Å². The van der Waals surface area contributed by atoms with Gasteiger partial charge in [0.25, 0.3) is 0 Å². The minimum Gasteiger partial charge on any atom is -0.444 e. The lowest BCUT2D eigenvalue weighted by molar-refractivity contribution is -0.131. The number of nitrogens with zero attached hydrogens (tertiary/aromatic N) is 1. The number of allylic oxidation sites excluding steroid dienone is 2. The highest BCUT2D eigenvalue weighted by Crippen LogP contribution is 2.68. The highest BCUT2D eigenvalue weighted by molar-refractivity contribution is 8.76. The second-order valence-corrected chi connectivity index (χ2v) is 28.8. The Morgan fingerprint density at radius 1 is 0.761 bits per heavy atom. The number of ether oxygens (including phenoxy) is 2. The fourth-order valence-electron chi connectivity index (χ4n) is 14.2. The van der Waals surface area contributed by atoms with Crippen LogP contribution < -0.4 is 16.0 Å². The van der Waals surface area contributed by atoms with E-state index in [4.69, 9.17) is 9.47 Å². The summed E-state index contributed by atoms with van der Waals surface area (Å²) in [7, 11) is 3.95. The molecule has 0 aromatic rings. The molecule has 9 nitrogen and oxygen atoms in total. The van der Waals surface area contributed by atoms with Crippen LogP contribution in [0.3, 0.4) is 0 Å². The van der Waals surface area contributed by atoms with E-state index in [-0.39, 0.29) is 17.5 Å². The predicted molar refractivity (Wildman–Crippen MR) is 304 cm³/mol. The molecule has 4 rings (SSSR count). The second-order valence-electron chi connectivity index (χ2n) is 26.1. The van der Waals surface area contributed by atoms with E-state index in [1.54, 1.807) is 5.57 Å². The molecule has 0 unspecified atom stereocenters. The van der Waals surface area contributed by atoms with Crippen LogP contribution in [0, 0.1) is 52.3 Å². The van der Waals surface area contributed by atoms with Gasteiger partial charge in [-0.3, -0.25) is 4.79 Å². The maximum Gasteiger partial charge on any atom is 0.408 e. The lowest BCUT2D eigenvalue weighted by Crippen LogP contribution is -2.51. The summed E-state index contributed by atoms with van der Waals surface area (Å²) in [6.45, 7) is 38.0. The minimum absolute atomic E-state index is 0.208. The van der Waals surface area contributed by atoms with E-state index in [0.29, 0.717) is 42.0 Å². The Kier molecular flexibility index (Phi) is 24.0. The summed E-state index contributed by atoms with van der Waals surface area (Å²) in [5.74, 6) is 7.01. The van der Waals surface area contributed by atoms with Gasteiger partial charge < -0.3 is 30.3 Å². The molecule has 0 saturated heterocycles. The average molecular weight is 1030 g/mol. The number of hydrogen-bond acceptors (Lipinski definition) is 8. The number of alkyl carbamates (subject to hydrolysis) is 2. The molecule has 11 heteroatoms. The van der Waals surface area contributed by atoms with E-state index in [1.807, 2.05) is 63.1 Å². The normalized spacial score (nSPS) is 26.7. The van der Waals surface area contributed by atoms with E-state index in [9.17, 15) is 14.4 Å². The van der Waals surface area contributed by atoms with E-state index in [2.05, 4.69) is 96.2 Å². The Morgan fingerprint density at radius 3 is 1.96 bits per heavy atom. The van der Waals surface area contributed by atoms with Crippen molar-refractivity contribution in [1.29, 1.82) is 0 Å². The van der Waals surface area contributed by atoms with E-state index in [1.165, 1.54) is 70.6 Å². The van der Waals surface area contributed by atoms with Crippen molar-refractivity contribution in [2.24, 2.45) is 52.3 Å². The first kappa shape index (κ1) is 62.0. The molecule has 71 heavy (non-hydrogen) atoms. The SMILES string of the molecule is CC[C@H](CC[C@@H](C)[C@H]1CC[C@H]2[C@@H]3CC=C4C[C@@H](SSCCC(=O)N(CCCCNCCC(CC)(CC)NC(=O)OC(C)(C)C)CCC(CC)(CC)NC(=O)OC(C)(C)C)CC[C@]4(C)[C@H]3CC[C@]12C)C(C)C. The zero-order valence-corrected chi connectivity index (χ0v) is 50.3. The Hall–Kier alpha value is -1.59. The van der Waals surface area contributed by atoms with Crippen LogP contribution >= 0.6 is 21.6 Å². The Bertz CT molecular complexity index is 1680. The van der Waals surface area contributed by atoms with Crippen LogP contribution in [0.5, 0.6) is 0 Å². The minimum atomic E-state index is -0.582. The molecule has 0 bridgehead atoms. The number of hydrogen-bond donors (Lipinski definition) is 3. The van der Waals surface area contributed by atoms with Crippen LogP contribution in [-0.4, -0.2) is 82.5 Å². The van der Waals surface area contributed by atoms with Gasteiger partial charge in [0.2, 0.25) is 5.91 Å². The summed E-state index contributed by atoms with van der Waals surface area (Å²) < 4.78 is 11.3. The second kappa shape index (κ2) is 27.5. The first-order valence-electron chi connectivity index (χ1n) is 29.3. The monoisotopic (exact) mass is 1030 g/mol. The van der Waals surface area contributed by atoms with E-state index >= 15 is 0 Å². The summed E-state index contributed by atoms with van der Waals surface area (Å²) >= 11 is 0. The molecule has 0 heterocycles. The Morgan fingerprint density at radius 2 is 1.38 bits per heavy atom. The lowest BCUT2D eigenvalue weighted by atomic mass is 9.47. The quantitative estimate of drug-likeness (QED) is 0.0404. The molecular weight excluding hydrogens is 921 g/mol. The number of carbonyl (C=O) groups excluding carboxylic acids is 3. The molecule has 3 amide bonds. The van der Waals surface area contributed by atoms with Crippen LogP contribution in [0.4, 0.5) is 9.59 Å². The summed E-state index contributed by atoms with van der Waals surface area (Å²) in [4.78, 5) is 41.9. The van der Waals surface area contributed by atoms with Crippen molar-refractivity contribution in [1.82, 2.24) is 20.9 Å². The number of amides is 3. The molecule has 0 aliphatic heterocycles. The number of unbranched alkanes of at least 4 members (excludes halogenated alkanes) is 1. The third-order valence-corrected chi connectivity index (χ3v) is 22.1. The maximum absolute atomic E-state index is 14.2. The molecular formula is C60H110N4O5S2. The molecule has 0 radical (unpaired) electrons. The predicted octanol–water partition coefficient (Wildman–Crippen LogP) is 15.9. The fourth-order valence-corrected chi connectivity index (χ4v) is 16.9. The van der Waals surface area contributed by atoms with Gasteiger partial charge in [-0.1, -0.05) is 115 Å². The maximum atomic E-state index is 14.2. The number of nitrogens with one attached hydrogen (secondary N) is 3. The molecule has 412 valence electrons. The molecule has 3 fully saturated rings. The summed E-state index contributed by atoms with van der Waals surface area (Å²) in [6.07, 6.45) is 24.0. The average Bonchev–Trinajstić information content (AvgIpc) is 3.66. The van der Waals surface area contributed by atoms with Crippen LogP contribution in [-0.2, 0) is 14.3 Å². The highest BCUT2D eigenvalue weighted by Gasteiger charge is 2.59. The van der Waals surface area contributed by atoms with Gasteiger partial charge in [-0.15, -0.1) is 0 Å². The molecule has 3 saturated carbocycles. The zero-order valence-electron chi connectivity index (χ0n) is 48.7. The van der Waals surface area contributed by atoms with Gasteiger partial charge in [0.05, 0.1) is 0 Å². The van der Waals surface area contributed by atoms with Crippen molar-refractivity contribution < 1.29 is 23.9 Å². The first-order valence-corrected chi connectivity index (χ1v) is 31.7. The van der Waals surface area contributed by atoms with Crippen LogP contribution in [0.2, 0.25) is 0 Å². The first-order chi connectivity index (χ1) is 33.3. The smallest absolute Gasteiger partial charge is 0.408 e. The van der Waals surface area contributed by atoms with Crippen molar-refractivity contribution in [3.63, 3.8) is 0 Å². The molecule has 0 spiro atoms. The summed E-state index contributed by atoms with van der Waals surface area (Å²) in [6, 6.07) is 0. The van der Waals surface area contributed by atoms with Crippen molar-refractivity contribution >= 4 is 39.7 Å². The highest BCUT2D eigenvalue weighted by atomic mass is 33.1. The van der Waals surface area contributed by atoms with Crippen molar-refractivity contribution in [2.75, 3.05) is 31.9 Å². The van der Waals surface area contributed by atoms with Crippen molar-refractivity contribution in [3.8, 4) is 0 Å². The van der Waals surface area contributed by atoms with Gasteiger partial charge in [-0.05, 0) is 216 Å². The Labute approximate surface area is 444 Å². The standard InChI is InChI=1S/C60H110N4O5S2/c1-17-45(43(6)7)25-24-44(8)49-28-29-50-48-27-26-46-42-47(30-33-57(46,15)51(48)31-34-58(49,50)16)71-70-41-32-52(65)64(40-36-60(20-4,21-5)63-54(67)69-56(12,13)14)39-23-22-37-61-38-35-59(18-2,19-3)62-53(66)68-55(9,10)11/h26,43-45,47-51,61H,17-25,27-42H2,1-16H3,(H,62,66)(H,63,67)/t44-,45-,47+,48+,49-,50+,51+,57+,58-/m1/s1. The number of rotatable bonds is 28.